The molecule has 0 saturated carbocycles. The Morgan fingerprint density at radius 1 is 1.29 bits per heavy atom. The van der Waals surface area contributed by atoms with Gasteiger partial charge in [-0.05, 0) is 42.7 Å². The van der Waals surface area contributed by atoms with E-state index in [2.05, 4.69) is 22.0 Å². The molecule has 4 aliphatic heterocycles. The minimum Gasteiger partial charge on any atom is -0.454 e. The van der Waals surface area contributed by atoms with E-state index < -0.39 is 30.7 Å². The highest BCUT2D eigenvalue weighted by Gasteiger charge is 2.80. The first-order valence-electron chi connectivity index (χ1n) is 8.67. The molecule has 5 unspecified atom stereocenters. The van der Waals surface area contributed by atoms with Gasteiger partial charge in [0.15, 0.2) is 21.2 Å². The van der Waals surface area contributed by atoms with Crippen molar-refractivity contribution in [3.05, 3.63) is 22.2 Å². The van der Waals surface area contributed by atoms with E-state index in [4.69, 9.17) is 20.7 Å². The maximum absolute atomic E-state index is 13.6. The van der Waals surface area contributed by atoms with Crippen LogP contribution in [0.15, 0.2) is 16.6 Å². The number of carbonyl (C=O) groups excluding carboxylic acids is 2. The van der Waals surface area contributed by atoms with Crippen LogP contribution in [-0.2, 0) is 30.2 Å². The number of likely N-dealkylation sites (N-methyl/N-ethyl adjacent to an activating group) is 1. The Morgan fingerprint density at radius 2 is 1.93 bits per heavy atom. The fourth-order valence-corrected chi connectivity index (χ4v) is 9.01. The van der Waals surface area contributed by atoms with Gasteiger partial charge in [-0.3, -0.25) is 9.59 Å². The number of ether oxygens (including phenoxy) is 2. The summed E-state index contributed by atoms with van der Waals surface area (Å²) in [6, 6.07) is 5.34. The van der Waals surface area contributed by atoms with Crippen LogP contribution >= 0.6 is 15.9 Å². The van der Waals surface area contributed by atoms with E-state index in [0.29, 0.717) is 16.0 Å². The van der Waals surface area contributed by atoms with E-state index in [1.165, 1.54) is 4.90 Å². The summed E-state index contributed by atoms with van der Waals surface area (Å²) in [4.78, 5) is 27.7. The van der Waals surface area contributed by atoms with Crippen LogP contribution in [0.25, 0.3) is 0 Å². The lowest BCUT2D eigenvalue weighted by Gasteiger charge is -2.40. The summed E-state index contributed by atoms with van der Waals surface area (Å²) >= 11 is 9.35. The van der Waals surface area contributed by atoms with Crippen molar-refractivity contribution in [1.82, 2.24) is 9.80 Å². The fraction of sp³-hybridized carbons (Fsp3) is 0.500. The minimum atomic E-state index is -1.15. The van der Waals surface area contributed by atoms with E-state index in [1.54, 1.807) is 37.9 Å². The average molecular weight is 482 g/mol. The largest absolute Gasteiger partial charge is 0.454 e. The molecule has 10 heteroatoms. The second kappa shape index (κ2) is 5.26. The molecule has 1 aromatic rings. The second-order valence-corrected chi connectivity index (χ2v) is 11.8. The Hall–Kier alpha value is -1.70. The lowest BCUT2D eigenvalue weighted by atomic mass is 9.79. The van der Waals surface area contributed by atoms with E-state index >= 15 is 0 Å². The van der Waals surface area contributed by atoms with Gasteiger partial charge in [0.1, 0.15) is 0 Å². The Bertz CT molecular complexity index is 1060. The van der Waals surface area contributed by atoms with E-state index in [9.17, 15) is 14.9 Å². The van der Waals surface area contributed by atoms with Gasteiger partial charge in [0, 0.05) is 17.9 Å². The van der Waals surface area contributed by atoms with Crippen molar-refractivity contribution in [3.63, 3.8) is 0 Å². The minimum absolute atomic E-state index is 0.120. The molecule has 4 aliphatic rings. The number of nitrogens with zero attached hydrogens (tertiary/aromatic N) is 3. The van der Waals surface area contributed by atoms with Gasteiger partial charge >= 0.3 is 0 Å². The standard InChI is InChI=1S/C18H16BrN3O4S2/c1-16(7-20)6-18-15(24)21(3)17(2,28(18)27)14(23)22(18)13(16)9-4-11-12(5-10(9)19)26-8-25-11/h4-5,13H,6,8H2,1-3H3. The Kier molecular flexibility index (Phi) is 3.44. The van der Waals surface area contributed by atoms with Gasteiger partial charge in [0.05, 0.1) is 17.5 Å². The van der Waals surface area contributed by atoms with E-state index in [0.717, 1.165) is 5.56 Å². The quantitative estimate of drug-likeness (QED) is 0.609. The van der Waals surface area contributed by atoms with Crippen molar-refractivity contribution in [3.8, 4) is 17.6 Å². The Balaban J connectivity index is 1.76. The van der Waals surface area contributed by atoms with Gasteiger partial charge in [0.25, 0.3) is 11.8 Å². The average Bonchev–Trinajstić information content (AvgIpc) is 3.30. The van der Waals surface area contributed by atoms with Crippen LogP contribution in [0.1, 0.15) is 31.9 Å². The Morgan fingerprint density at radius 3 is 2.57 bits per heavy atom. The van der Waals surface area contributed by atoms with Crippen LogP contribution in [0.2, 0.25) is 0 Å². The summed E-state index contributed by atoms with van der Waals surface area (Å²) in [6.07, 6.45) is 0.221. The fourth-order valence-electron chi connectivity index (χ4n) is 4.95. The summed E-state index contributed by atoms with van der Waals surface area (Å²) in [5.41, 5.74) is -0.255. The number of hydrogen-bond donors (Lipinski definition) is 0. The molecule has 4 heterocycles. The number of nitriles is 1. The zero-order valence-electron chi connectivity index (χ0n) is 15.3. The highest BCUT2D eigenvalue weighted by molar-refractivity contribution is 9.10. The first-order valence-corrected chi connectivity index (χ1v) is 11.6. The number of benzene rings is 1. The summed E-state index contributed by atoms with van der Waals surface area (Å²) in [7, 11) is 0.663. The van der Waals surface area contributed by atoms with Gasteiger partial charge in [0.2, 0.25) is 6.79 Å². The highest BCUT2D eigenvalue weighted by atomic mass is 79.9. The molecule has 1 aromatic carbocycles. The van der Waals surface area contributed by atoms with Gasteiger partial charge in [-0.1, -0.05) is 25.4 Å². The highest BCUT2D eigenvalue weighted by Crippen LogP contribution is 2.65. The third-order valence-electron chi connectivity index (χ3n) is 6.46. The summed E-state index contributed by atoms with van der Waals surface area (Å²) < 4.78 is 11.6. The zero-order chi connectivity index (χ0) is 20.2. The molecule has 0 N–H and O–H groups in total. The zero-order valence-corrected chi connectivity index (χ0v) is 18.5. The first-order chi connectivity index (χ1) is 13.1. The molecule has 28 heavy (non-hydrogen) atoms. The summed E-state index contributed by atoms with van der Waals surface area (Å²) in [6.45, 7) is 3.66. The van der Waals surface area contributed by atoms with Gasteiger partial charge in [-0.2, -0.15) is 5.26 Å². The number of halogens is 1. The number of piperazine rings is 1. The monoisotopic (exact) mass is 481 g/mol. The van der Waals surface area contributed by atoms with Crippen LogP contribution in [0, 0.1) is 16.7 Å². The molecule has 2 amide bonds. The normalized spacial score (nSPS) is 40.2. The molecule has 5 rings (SSSR count). The van der Waals surface area contributed by atoms with Crippen LogP contribution < -0.4 is 9.47 Å². The van der Waals surface area contributed by atoms with Crippen LogP contribution in [0.3, 0.4) is 0 Å². The maximum atomic E-state index is 13.6. The van der Waals surface area contributed by atoms with Crippen molar-refractivity contribution in [2.75, 3.05) is 13.8 Å². The van der Waals surface area contributed by atoms with Crippen molar-refractivity contribution in [2.45, 2.75) is 36.1 Å². The van der Waals surface area contributed by atoms with E-state index in [1.807, 2.05) is 0 Å². The Labute approximate surface area is 177 Å². The van der Waals surface area contributed by atoms with Gasteiger partial charge in [-0.25, -0.2) is 0 Å². The second-order valence-electron chi connectivity index (χ2n) is 7.91. The number of amides is 2. The topological polar surface area (TPSA) is 82.9 Å². The van der Waals surface area contributed by atoms with Crippen LogP contribution in [-0.4, -0.2) is 45.2 Å². The van der Waals surface area contributed by atoms with Crippen molar-refractivity contribution in [2.24, 2.45) is 5.41 Å². The predicted octanol–water partition coefficient (Wildman–Crippen LogP) is 1.96. The molecule has 7 nitrogen and oxygen atoms in total. The molecule has 2 bridgehead atoms. The van der Waals surface area contributed by atoms with Crippen molar-refractivity contribution in [1.29, 1.82) is 5.26 Å². The number of rotatable bonds is 1. The molecular weight excluding hydrogens is 466 g/mol. The predicted molar refractivity (Wildman–Crippen MR) is 107 cm³/mol. The molecule has 0 aromatic heterocycles. The molecular formula is C18H16BrN3O4S2. The smallest absolute Gasteiger partial charge is 0.261 e. The number of hydrogen-bond acceptors (Lipinski definition) is 6. The molecule has 146 valence electrons. The third-order valence-corrected chi connectivity index (χ3v) is 11.2. The number of carbonyl (C=O) groups is 2. The maximum Gasteiger partial charge on any atom is 0.261 e. The van der Waals surface area contributed by atoms with Crippen LogP contribution in [0.4, 0.5) is 0 Å². The number of fused-ring (bicyclic) bond motifs is 2. The lowest BCUT2D eigenvalue weighted by molar-refractivity contribution is -0.159. The molecule has 3 saturated heterocycles. The van der Waals surface area contributed by atoms with Crippen molar-refractivity contribution >= 4 is 48.4 Å². The molecule has 1 spiro atoms. The lowest BCUT2D eigenvalue weighted by Crippen LogP contribution is -2.60. The first kappa shape index (κ1) is 18.3. The van der Waals surface area contributed by atoms with Gasteiger partial charge < -0.3 is 19.3 Å². The van der Waals surface area contributed by atoms with Gasteiger partial charge in [-0.15, -0.1) is 0 Å². The molecule has 0 radical (unpaired) electrons. The third kappa shape index (κ3) is 1.73. The van der Waals surface area contributed by atoms with Crippen molar-refractivity contribution < 1.29 is 19.1 Å². The SMILES string of the molecule is CN1C(=O)C23CC(C)(C#N)C(c4cc5c(cc4Br)OCO5)N2C(=O)C1(C)S3=S. The molecule has 3 fully saturated rings. The molecule has 0 aliphatic carbocycles. The van der Waals surface area contributed by atoms with Crippen LogP contribution in [0.5, 0.6) is 11.5 Å². The van der Waals surface area contributed by atoms with E-state index in [-0.39, 0.29) is 25.0 Å². The molecule has 5 atom stereocenters. The summed E-state index contributed by atoms with van der Waals surface area (Å²) in [5, 5.41) is 10.1. The summed E-state index contributed by atoms with van der Waals surface area (Å²) in [5.74, 6) is 0.792.